The van der Waals surface area contributed by atoms with E-state index >= 15 is 0 Å². The molecule has 1 aromatic heterocycles. The molecule has 4 nitrogen and oxygen atoms in total. The fourth-order valence-electron chi connectivity index (χ4n) is 4.63. The van der Waals surface area contributed by atoms with Crippen LogP contribution in [0.1, 0.15) is 46.2 Å². The number of hydrogen-bond donors (Lipinski definition) is 1. The summed E-state index contributed by atoms with van der Waals surface area (Å²) in [6.45, 7) is 4.97. The van der Waals surface area contributed by atoms with Crippen molar-refractivity contribution in [3.8, 4) is 11.1 Å². The minimum Gasteiger partial charge on any atom is -0.339 e. The molecule has 4 aromatic rings. The zero-order valence-electron chi connectivity index (χ0n) is 18.7. The van der Waals surface area contributed by atoms with Crippen LogP contribution in [0.2, 0.25) is 0 Å². The number of hydrogen-bond acceptors (Lipinski definition) is 3. The van der Waals surface area contributed by atoms with Gasteiger partial charge < -0.3 is 9.88 Å². The molecule has 1 aliphatic rings. The Kier molecular flexibility index (Phi) is 5.51. The van der Waals surface area contributed by atoms with Crippen LogP contribution in [0.4, 0.5) is 0 Å². The summed E-state index contributed by atoms with van der Waals surface area (Å²) in [7, 11) is 0. The van der Waals surface area contributed by atoms with E-state index in [-0.39, 0.29) is 11.9 Å². The maximum atomic E-state index is 13.8. The lowest BCUT2D eigenvalue weighted by molar-refractivity contribution is 0.0731. The number of fused-ring (bicyclic) bond motifs is 1. The summed E-state index contributed by atoms with van der Waals surface area (Å²) < 4.78 is 0. The van der Waals surface area contributed by atoms with Crippen molar-refractivity contribution in [2.24, 2.45) is 0 Å². The molecule has 2 heterocycles. The Labute approximate surface area is 193 Å². The zero-order chi connectivity index (χ0) is 22.2. The van der Waals surface area contributed by atoms with Crippen molar-refractivity contribution in [3.63, 3.8) is 0 Å². The van der Waals surface area contributed by atoms with Gasteiger partial charge >= 0.3 is 0 Å². The number of carbonyl (C=O) groups is 1. The van der Waals surface area contributed by atoms with Gasteiger partial charge in [-0.25, -0.2) is 4.98 Å². The van der Waals surface area contributed by atoms with E-state index in [0.29, 0.717) is 0 Å². The number of aryl methyl sites for hydroxylation is 2. The summed E-state index contributed by atoms with van der Waals surface area (Å²) in [6.07, 6.45) is 3.98. The van der Waals surface area contributed by atoms with Crippen LogP contribution in [-0.2, 0) is 0 Å². The SMILES string of the molecule is CSc1cccc2nc(C3CCCN3C(=O)c3ccccc3-c3ccc(C)c(C)c3)[nH]c12. The van der Waals surface area contributed by atoms with E-state index in [1.54, 1.807) is 11.8 Å². The van der Waals surface area contributed by atoms with Crippen LogP contribution in [-0.4, -0.2) is 33.6 Å². The Hall–Kier alpha value is -3.05. The molecule has 0 radical (unpaired) electrons. The second-order valence-electron chi connectivity index (χ2n) is 8.48. The number of rotatable bonds is 4. The molecule has 32 heavy (non-hydrogen) atoms. The number of imidazole rings is 1. The van der Waals surface area contributed by atoms with Gasteiger partial charge in [0.15, 0.2) is 0 Å². The maximum absolute atomic E-state index is 13.8. The molecular weight excluding hydrogens is 414 g/mol. The Morgan fingerprint density at radius 3 is 2.72 bits per heavy atom. The van der Waals surface area contributed by atoms with Crippen molar-refractivity contribution in [2.75, 3.05) is 12.8 Å². The summed E-state index contributed by atoms with van der Waals surface area (Å²) in [5, 5.41) is 0. The smallest absolute Gasteiger partial charge is 0.255 e. The summed E-state index contributed by atoms with van der Waals surface area (Å²) >= 11 is 1.71. The normalized spacial score (nSPS) is 16.1. The summed E-state index contributed by atoms with van der Waals surface area (Å²) in [4.78, 5) is 25.4. The monoisotopic (exact) mass is 441 g/mol. The first kappa shape index (κ1) is 20.8. The van der Waals surface area contributed by atoms with Crippen LogP contribution >= 0.6 is 11.8 Å². The van der Waals surface area contributed by atoms with Crippen LogP contribution in [0.3, 0.4) is 0 Å². The van der Waals surface area contributed by atoms with Crippen LogP contribution in [0.5, 0.6) is 0 Å². The fraction of sp³-hybridized carbons (Fsp3) is 0.259. The predicted octanol–water partition coefficient (Wildman–Crippen LogP) is 6.55. The molecule has 5 rings (SSSR count). The van der Waals surface area contributed by atoms with Gasteiger partial charge in [0.05, 0.1) is 17.1 Å². The number of thioether (sulfide) groups is 1. The largest absolute Gasteiger partial charge is 0.339 e. The van der Waals surface area contributed by atoms with E-state index in [4.69, 9.17) is 4.98 Å². The maximum Gasteiger partial charge on any atom is 0.255 e. The molecule has 3 aromatic carbocycles. The van der Waals surface area contributed by atoms with Gasteiger partial charge in [-0.1, -0.05) is 42.5 Å². The minimum absolute atomic E-state index is 0.0302. The molecule has 1 unspecified atom stereocenters. The molecule has 0 saturated carbocycles. The van der Waals surface area contributed by atoms with Crippen LogP contribution in [0, 0.1) is 13.8 Å². The molecule has 1 aliphatic heterocycles. The molecule has 0 bridgehead atoms. The van der Waals surface area contributed by atoms with Crippen molar-refractivity contribution < 1.29 is 4.79 Å². The van der Waals surface area contributed by atoms with Crippen LogP contribution in [0.15, 0.2) is 65.6 Å². The van der Waals surface area contributed by atoms with Crippen molar-refractivity contribution in [2.45, 2.75) is 37.6 Å². The molecule has 162 valence electrons. The molecule has 1 N–H and O–H groups in total. The van der Waals surface area contributed by atoms with E-state index < -0.39 is 0 Å². The number of likely N-dealkylation sites (tertiary alicyclic amines) is 1. The van der Waals surface area contributed by atoms with E-state index in [0.717, 1.165) is 52.9 Å². The van der Waals surface area contributed by atoms with Crippen LogP contribution < -0.4 is 0 Å². The van der Waals surface area contributed by atoms with Crippen LogP contribution in [0.25, 0.3) is 22.2 Å². The number of nitrogens with one attached hydrogen (secondary N) is 1. The van der Waals surface area contributed by atoms with Gasteiger partial charge in [0.25, 0.3) is 5.91 Å². The molecule has 0 aliphatic carbocycles. The number of H-pyrrole nitrogens is 1. The van der Waals surface area contributed by atoms with Gasteiger partial charge in [-0.2, -0.15) is 0 Å². The fourth-order valence-corrected chi connectivity index (χ4v) is 5.21. The van der Waals surface area contributed by atoms with Crippen molar-refractivity contribution in [3.05, 3.63) is 83.2 Å². The number of aromatic nitrogens is 2. The van der Waals surface area contributed by atoms with Gasteiger partial charge in [-0.05, 0) is 73.4 Å². The van der Waals surface area contributed by atoms with Crippen molar-refractivity contribution in [1.82, 2.24) is 14.9 Å². The first-order chi connectivity index (χ1) is 15.6. The number of benzene rings is 3. The van der Waals surface area contributed by atoms with E-state index in [9.17, 15) is 4.79 Å². The predicted molar refractivity (Wildman–Crippen MR) is 132 cm³/mol. The third kappa shape index (κ3) is 3.61. The molecule has 1 saturated heterocycles. The Bertz CT molecular complexity index is 1310. The van der Waals surface area contributed by atoms with Crippen molar-refractivity contribution in [1.29, 1.82) is 0 Å². The summed E-state index contributed by atoms with van der Waals surface area (Å²) in [5.41, 5.74) is 7.33. The number of carbonyl (C=O) groups excluding carboxylic acids is 1. The highest BCUT2D eigenvalue weighted by Gasteiger charge is 2.33. The second kappa shape index (κ2) is 8.47. The van der Waals surface area contributed by atoms with Gasteiger partial charge in [-0.15, -0.1) is 11.8 Å². The molecule has 0 spiro atoms. The summed E-state index contributed by atoms with van der Waals surface area (Å²) in [5.74, 6) is 0.961. The molecular formula is C27H27N3OS. The van der Waals surface area contributed by atoms with E-state index in [2.05, 4.69) is 49.4 Å². The minimum atomic E-state index is -0.0302. The standard InChI is InChI=1S/C27H27N3OS/c1-17-13-14-19(16-18(17)2)20-8-4-5-9-21(20)27(31)30-15-7-11-23(30)26-28-22-10-6-12-24(32-3)25(22)29-26/h4-6,8-10,12-14,16,23H,7,11,15H2,1-3H3,(H,28,29). The molecule has 5 heteroatoms. The van der Waals surface area contributed by atoms with Crippen molar-refractivity contribution >= 4 is 28.7 Å². The Morgan fingerprint density at radius 1 is 1.06 bits per heavy atom. The highest BCUT2D eigenvalue weighted by molar-refractivity contribution is 7.98. The average Bonchev–Trinajstić information content (AvgIpc) is 3.47. The number of aromatic amines is 1. The third-order valence-corrected chi connectivity index (χ3v) is 7.30. The average molecular weight is 442 g/mol. The van der Waals surface area contributed by atoms with Gasteiger partial charge in [0, 0.05) is 17.0 Å². The van der Waals surface area contributed by atoms with E-state index in [1.165, 1.54) is 16.0 Å². The van der Waals surface area contributed by atoms with Gasteiger partial charge in [0.2, 0.25) is 0 Å². The lowest BCUT2D eigenvalue weighted by Crippen LogP contribution is -2.31. The number of para-hydroxylation sites is 1. The highest BCUT2D eigenvalue weighted by atomic mass is 32.2. The molecule has 1 amide bonds. The Balaban J connectivity index is 1.52. The lowest BCUT2D eigenvalue weighted by atomic mass is 9.96. The topological polar surface area (TPSA) is 49.0 Å². The van der Waals surface area contributed by atoms with Gasteiger partial charge in [-0.3, -0.25) is 4.79 Å². The molecule has 1 fully saturated rings. The highest BCUT2D eigenvalue weighted by Crippen LogP contribution is 2.36. The first-order valence-corrected chi connectivity index (χ1v) is 12.3. The quantitative estimate of drug-likeness (QED) is 0.366. The molecule has 1 atom stereocenters. The summed E-state index contributed by atoms with van der Waals surface area (Å²) in [6, 6.07) is 20.5. The number of nitrogens with zero attached hydrogens (tertiary/aromatic N) is 2. The second-order valence-corrected chi connectivity index (χ2v) is 9.33. The van der Waals surface area contributed by atoms with E-state index in [1.807, 2.05) is 41.3 Å². The lowest BCUT2D eigenvalue weighted by Gasteiger charge is -2.24. The number of amides is 1. The first-order valence-electron chi connectivity index (χ1n) is 11.1. The third-order valence-electron chi connectivity index (χ3n) is 6.52. The zero-order valence-corrected chi connectivity index (χ0v) is 19.5. The van der Waals surface area contributed by atoms with Gasteiger partial charge in [0.1, 0.15) is 5.82 Å². The Morgan fingerprint density at radius 2 is 1.91 bits per heavy atom.